The fourth-order valence-corrected chi connectivity index (χ4v) is 9.43. The van der Waals surface area contributed by atoms with E-state index < -0.39 is 29.7 Å². The maximum atomic E-state index is 13.4. The maximum Gasteiger partial charge on any atom is 0.262 e. The van der Waals surface area contributed by atoms with E-state index in [4.69, 9.17) is 16.6 Å². The van der Waals surface area contributed by atoms with Crippen molar-refractivity contribution in [1.29, 1.82) is 0 Å². The average Bonchev–Trinajstić information content (AvgIpc) is 3.89. The molecule has 8 rings (SSSR count). The Labute approximate surface area is 321 Å². The minimum Gasteiger partial charge on any atom is -0.299 e. The standard InChI is InChI=1S/C40H37ClN8O4S/c1-22-31(54-40-33(22)35(27-12-14-28(41)15-13-27)43-23(2)36-46-45-24(3)48(36)40)17-11-25-20-42-47(21-25)19-6-4-5-8-26-9-7-10-29-34(26)39(53)49(38(29)52)30-16-18-32(50)44-37(30)51/h5,7-10,12,14-15,20-21,23,27,30,33,40H,4,6,13,16,18-19H2,1-3H3,(H,44,50,51)/b8-5+/t23-,27?,30?,33?,40?/m0/s1. The monoisotopic (exact) mass is 760 g/mol. The molecule has 1 fully saturated rings. The summed E-state index contributed by atoms with van der Waals surface area (Å²) in [4.78, 5) is 57.8. The molecule has 54 heavy (non-hydrogen) atoms. The predicted octanol–water partition coefficient (Wildman–Crippen LogP) is 6.08. The molecule has 14 heteroatoms. The van der Waals surface area contributed by atoms with Gasteiger partial charge in [0.25, 0.3) is 11.8 Å². The number of rotatable bonds is 7. The number of piperidine rings is 1. The third-order valence-electron chi connectivity index (χ3n) is 10.5. The Balaban J connectivity index is 0.923. The lowest BCUT2D eigenvalue weighted by Crippen LogP contribution is -2.54. The van der Waals surface area contributed by atoms with E-state index in [1.807, 2.05) is 36.0 Å². The SMILES string of the molecule is CC1=C(C#Cc2cnn(CCC/C=C/c3cccc4c3C(=O)N(C3CCC(=O)NC3=O)C4=O)c2)SC2C1C(C1C=CC(Cl)=CC1)=N[C@@H](C)c1nnc(C)n12. The minimum atomic E-state index is -0.997. The summed E-state index contributed by atoms with van der Waals surface area (Å²) in [5.74, 6) is 6.65. The molecule has 1 N–H and O–H groups in total. The third kappa shape index (κ3) is 6.47. The predicted molar refractivity (Wildman–Crippen MR) is 205 cm³/mol. The lowest BCUT2D eigenvalue weighted by molar-refractivity contribution is -0.136. The van der Waals surface area contributed by atoms with Crippen LogP contribution in [0.1, 0.15) is 101 Å². The number of hydrogen-bond acceptors (Lipinski definition) is 9. The second-order valence-electron chi connectivity index (χ2n) is 14.0. The summed E-state index contributed by atoms with van der Waals surface area (Å²) in [6.07, 6.45) is 16.2. The first-order chi connectivity index (χ1) is 26.1. The van der Waals surface area contributed by atoms with Gasteiger partial charge in [-0.2, -0.15) is 5.10 Å². The summed E-state index contributed by atoms with van der Waals surface area (Å²) >= 11 is 8.02. The van der Waals surface area contributed by atoms with E-state index in [2.05, 4.69) is 63.0 Å². The summed E-state index contributed by atoms with van der Waals surface area (Å²) in [7, 11) is 0. The van der Waals surface area contributed by atoms with E-state index in [-0.39, 0.29) is 47.2 Å². The fraction of sp³-hybridized carbons (Fsp3) is 0.350. The van der Waals surface area contributed by atoms with Gasteiger partial charge in [-0.25, -0.2) is 0 Å². The number of aryl methyl sites for hydroxylation is 2. The highest BCUT2D eigenvalue weighted by molar-refractivity contribution is 8.03. The summed E-state index contributed by atoms with van der Waals surface area (Å²) in [5.41, 5.74) is 4.30. The van der Waals surface area contributed by atoms with Crippen LogP contribution in [-0.4, -0.2) is 64.8 Å². The molecule has 5 aliphatic rings. The van der Waals surface area contributed by atoms with Gasteiger partial charge in [0.2, 0.25) is 11.8 Å². The van der Waals surface area contributed by atoms with Crippen molar-refractivity contribution < 1.29 is 19.2 Å². The van der Waals surface area contributed by atoms with Gasteiger partial charge in [-0.3, -0.25) is 43.6 Å². The second-order valence-corrected chi connectivity index (χ2v) is 15.6. The number of unbranched alkanes of at least 4 members (excludes halogenated alkanes) is 1. The highest BCUT2D eigenvalue weighted by atomic mass is 35.5. The topological polar surface area (TPSA) is 144 Å². The molecule has 0 spiro atoms. The first-order valence-corrected chi connectivity index (χ1v) is 19.3. The number of fused-ring (bicyclic) bond motifs is 4. The molecule has 6 heterocycles. The number of carbonyl (C=O) groups excluding carboxylic acids is 4. The number of nitrogens with zero attached hydrogens (tertiary/aromatic N) is 7. The normalized spacial score (nSPS) is 24.9. The van der Waals surface area contributed by atoms with Gasteiger partial charge in [-0.05, 0) is 69.7 Å². The first-order valence-electron chi connectivity index (χ1n) is 18.0. The van der Waals surface area contributed by atoms with Crippen LogP contribution in [0, 0.1) is 30.6 Å². The average molecular weight is 761 g/mol. The molecule has 5 atom stereocenters. The summed E-state index contributed by atoms with van der Waals surface area (Å²) in [6.45, 7) is 6.90. The molecule has 1 aromatic carbocycles. The molecule has 4 unspecified atom stereocenters. The Bertz CT molecular complexity index is 2340. The van der Waals surface area contributed by atoms with Crippen LogP contribution in [-0.2, 0) is 16.1 Å². The second kappa shape index (κ2) is 14.5. The van der Waals surface area contributed by atoms with Gasteiger partial charge >= 0.3 is 0 Å². The maximum absolute atomic E-state index is 13.4. The van der Waals surface area contributed by atoms with Crippen LogP contribution in [0.25, 0.3) is 6.08 Å². The Morgan fingerprint density at radius 2 is 1.96 bits per heavy atom. The van der Waals surface area contributed by atoms with Crippen molar-refractivity contribution in [2.45, 2.75) is 76.9 Å². The van der Waals surface area contributed by atoms with Crippen molar-refractivity contribution in [2.24, 2.45) is 16.8 Å². The zero-order chi connectivity index (χ0) is 37.7. The van der Waals surface area contributed by atoms with E-state index in [9.17, 15) is 19.2 Å². The van der Waals surface area contributed by atoms with Crippen LogP contribution >= 0.6 is 23.4 Å². The zero-order valence-electron chi connectivity index (χ0n) is 30.0. The number of allylic oxidation sites excluding steroid dienone is 7. The van der Waals surface area contributed by atoms with E-state index in [0.717, 1.165) is 50.6 Å². The molecule has 0 bridgehead atoms. The quantitative estimate of drug-likeness (QED) is 0.173. The number of thioether (sulfide) groups is 1. The van der Waals surface area contributed by atoms with Crippen molar-refractivity contribution >= 4 is 58.8 Å². The molecule has 12 nitrogen and oxygen atoms in total. The molecular formula is C40H37ClN8O4S. The van der Waals surface area contributed by atoms with Gasteiger partial charge in [0.15, 0.2) is 5.82 Å². The van der Waals surface area contributed by atoms with Gasteiger partial charge < -0.3 is 0 Å². The summed E-state index contributed by atoms with van der Waals surface area (Å²) < 4.78 is 4.10. The summed E-state index contributed by atoms with van der Waals surface area (Å²) in [5, 5.41) is 16.5. The molecular weight excluding hydrogens is 724 g/mol. The molecule has 274 valence electrons. The molecule has 3 aromatic rings. The van der Waals surface area contributed by atoms with Gasteiger partial charge in [0.05, 0.1) is 39.1 Å². The number of carbonyl (C=O) groups is 4. The van der Waals surface area contributed by atoms with E-state index in [1.165, 1.54) is 5.57 Å². The molecule has 4 amide bonds. The highest BCUT2D eigenvalue weighted by Crippen LogP contribution is 2.53. The Hall–Kier alpha value is -5.32. The Morgan fingerprint density at radius 3 is 2.76 bits per heavy atom. The van der Waals surface area contributed by atoms with Gasteiger partial charge in [-0.1, -0.05) is 71.6 Å². The number of aromatic nitrogens is 5. The van der Waals surface area contributed by atoms with Crippen molar-refractivity contribution in [3.8, 4) is 11.8 Å². The number of benzene rings is 1. The molecule has 0 saturated carbocycles. The number of nitrogens with one attached hydrogen (secondary N) is 1. The van der Waals surface area contributed by atoms with E-state index >= 15 is 0 Å². The highest BCUT2D eigenvalue weighted by Gasteiger charge is 2.46. The van der Waals surface area contributed by atoms with Crippen molar-refractivity contribution in [3.63, 3.8) is 0 Å². The zero-order valence-corrected chi connectivity index (χ0v) is 31.5. The van der Waals surface area contributed by atoms with Gasteiger partial charge in [0, 0.05) is 35.8 Å². The van der Waals surface area contributed by atoms with Gasteiger partial charge in [0.1, 0.15) is 17.9 Å². The van der Waals surface area contributed by atoms with Crippen molar-refractivity contribution in [3.05, 3.63) is 104 Å². The third-order valence-corrected chi connectivity index (χ3v) is 12.1. The molecule has 1 saturated heterocycles. The van der Waals surface area contributed by atoms with Crippen LogP contribution in [0.3, 0.4) is 0 Å². The van der Waals surface area contributed by atoms with E-state index in [0.29, 0.717) is 18.5 Å². The summed E-state index contributed by atoms with van der Waals surface area (Å²) in [6, 6.07) is 3.99. The van der Waals surface area contributed by atoms with Crippen LogP contribution in [0.4, 0.5) is 0 Å². The van der Waals surface area contributed by atoms with Crippen molar-refractivity contribution in [2.75, 3.05) is 0 Å². The van der Waals surface area contributed by atoms with Crippen LogP contribution < -0.4 is 5.32 Å². The first kappa shape index (κ1) is 35.7. The number of amides is 4. The lowest BCUT2D eigenvalue weighted by atomic mass is 9.83. The number of halogens is 1. The van der Waals surface area contributed by atoms with E-state index in [1.54, 1.807) is 36.2 Å². The fourth-order valence-electron chi connectivity index (χ4n) is 7.76. The smallest absolute Gasteiger partial charge is 0.262 e. The lowest BCUT2D eigenvalue weighted by Gasteiger charge is -2.27. The molecule has 4 aliphatic heterocycles. The van der Waals surface area contributed by atoms with Crippen LogP contribution in [0.2, 0.25) is 0 Å². The Morgan fingerprint density at radius 1 is 1.11 bits per heavy atom. The minimum absolute atomic E-state index is 0.0217. The van der Waals surface area contributed by atoms with Crippen LogP contribution in [0.5, 0.6) is 0 Å². The molecule has 1 aliphatic carbocycles. The molecule has 2 aromatic heterocycles. The number of imide groups is 2. The van der Waals surface area contributed by atoms with Crippen LogP contribution in [0.15, 0.2) is 75.4 Å². The van der Waals surface area contributed by atoms with Gasteiger partial charge in [-0.15, -0.1) is 10.2 Å². The Kier molecular flexibility index (Phi) is 9.58. The largest absolute Gasteiger partial charge is 0.299 e. The number of hydrogen-bond donors (Lipinski definition) is 1. The number of aliphatic imine (C=N–C) groups is 1. The van der Waals surface area contributed by atoms with Crippen molar-refractivity contribution in [1.82, 2.24) is 34.8 Å². The molecule has 0 radical (unpaired) electrons.